The highest BCUT2D eigenvalue weighted by molar-refractivity contribution is 5.82. The third kappa shape index (κ3) is 7.33. The van der Waals surface area contributed by atoms with Crippen molar-refractivity contribution in [3.63, 3.8) is 0 Å². The molecule has 2 amide bonds. The fraction of sp³-hybridized carbons (Fsp3) is 0.733. The zero-order valence-corrected chi connectivity index (χ0v) is 23.6. The second-order valence-electron chi connectivity index (χ2n) is 11.1. The Balaban J connectivity index is 1.53. The molecule has 38 heavy (non-hydrogen) atoms. The number of carbonyl (C=O) groups excluding carboxylic acids is 2. The van der Waals surface area contributed by atoms with E-state index in [1.807, 2.05) is 18.2 Å². The van der Waals surface area contributed by atoms with Gasteiger partial charge in [-0.25, -0.2) is 4.79 Å². The van der Waals surface area contributed by atoms with Gasteiger partial charge in [0.1, 0.15) is 11.5 Å². The van der Waals surface area contributed by atoms with Gasteiger partial charge < -0.3 is 24.4 Å². The number of rotatable bonds is 13. The van der Waals surface area contributed by atoms with Gasteiger partial charge in [0.25, 0.3) is 0 Å². The minimum absolute atomic E-state index is 0.224. The zero-order valence-electron chi connectivity index (χ0n) is 23.6. The molecule has 1 heterocycles. The molecule has 3 fully saturated rings. The molecular weight excluding hydrogens is 482 g/mol. The summed E-state index contributed by atoms with van der Waals surface area (Å²) < 4.78 is 16.4. The number of piperidine rings is 1. The third-order valence-corrected chi connectivity index (χ3v) is 8.49. The summed E-state index contributed by atoms with van der Waals surface area (Å²) in [5, 5.41) is 2.90. The first-order valence-electron chi connectivity index (χ1n) is 14.7. The van der Waals surface area contributed by atoms with Crippen molar-refractivity contribution in [1.82, 2.24) is 15.1 Å². The molecule has 8 heteroatoms. The van der Waals surface area contributed by atoms with E-state index in [4.69, 9.17) is 14.2 Å². The van der Waals surface area contributed by atoms with Crippen molar-refractivity contribution in [2.75, 3.05) is 33.9 Å². The van der Waals surface area contributed by atoms with Gasteiger partial charge in [-0.05, 0) is 63.4 Å². The Morgan fingerprint density at radius 3 is 2.61 bits per heavy atom. The Labute approximate surface area is 228 Å². The van der Waals surface area contributed by atoms with Gasteiger partial charge in [-0.1, -0.05) is 32.3 Å². The largest absolute Gasteiger partial charge is 0.497 e. The van der Waals surface area contributed by atoms with Gasteiger partial charge in [-0.2, -0.15) is 0 Å². The highest BCUT2D eigenvalue weighted by Crippen LogP contribution is 2.38. The van der Waals surface area contributed by atoms with E-state index in [1.54, 1.807) is 14.2 Å². The van der Waals surface area contributed by atoms with Gasteiger partial charge in [0, 0.05) is 43.3 Å². The van der Waals surface area contributed by atoms with Crippen LogP contribution in [0.25, 0.3) is 0 Å². The smallest absolute Gasteiger partial charge is 0.407 e. The van der Waals surface area contributed by atoms with Crippen LogP contribution in [0.3, 0.4) is 0 Å². The molecule has 1 aliphatic heterocycles. The maximum atomic E-state index is 14.3. The molecule has 0 spiro atoms. The summed E-state index contributed by atoms with van der Waals surface area (Å²) in [6.45, 7) is 4.36. The number of amides is 2. The van der Waals surface area contributed by atoms with Crippen LogP contribution in [-0.4, -0.2) is 73.8 Å². The number of methoxy groups -OCH3 is 2. The third-order valence-electron chi connectivity index (χ3n) is 8.49. The molecule has 8 nitrogen and oxygen atoms in total. The van der Waals surface area contributed by atoms with E-state index in [-0.39, 0.29) is 11.9 Å². The number of unbranched alkanes of at least 4 members (excludes halogenated alkanes) is 1. The van der Waals surface area contributed by atoms with Gasteiger partial charge in [-0.15, -0.1) is 0 Å². The van der Waals surface area contributed by atoms with Crippen LogP contribution in [0.2, 0.25) is 0 Å². The molecule has 3 atom stereocenters. The number of ether oxygens (including phenoxy) is 3. The van der Waals surface area contributed by atoms with Gasteiger partial charge in [0.05, 0.1) is 26.9 Å². The SMILES string of the molecule is CCCCOC(=O)NCC[C@H](C(=O)N1CCC[C@H]2CCCC[C@@H]21)N(Cc1ccc(OC)cc1OC)C1CC1. The molecule has 0 aromatic heterocycles. The molecule has 1 N–H and O–H groups in total. The van der Waals surface area contributed by atoms with Crippen LogP contribution in [0.4, 0.5) is 4.79 Å². The van der Waals surface area contributed by atoms with Gasteiger partial charge in [0.15, 0.2) is 0 Å². The number of hydrogen-bond donors (Lipinski definition) is 1. The van der Waals surface area contributed by atoms with Crippen LogP contribution < -0.4 is 14.8 Å². The average molecular weight is 530 g/mol. The quantitative estimate of drug-likeness (QED) is 0.357. The van der Waals surface area contributed by atoms with Gasteiger partial charge in [0.2, 0.25) is 5.91 Å². The number of hydrogen-bond acceptors (Lipinski definition) is 6. The van der Waals surface area contributed by atoms with E-state index in [9.17, 15) is 9.59 Å². The van der Waals surface area contributed by atoms with Gasteiger partial charge >= 0.3 is 6.09 Å². The summed E-state index contributed by atoms with van der Waals surface area (Å²) in [7, 11) is 3.32. The van der Waals surface area contributed by atoms with E-state index in [1.165, 1.54) is 25.7 Å². The average Bonchev–Trinajstić information content (AvgIpc) is 3.79. The molecule has 2 aliphatic carbocycles. The number of fused-ring (bicyclic) bond motifs is 1. The van der Waals surface area contributed by atoms with Crippen molar-refractivity contribution in [2.45, 2.75) is 102 Å². The van der Waals surface area contributed by atoms with Crippen molar-refractivity contribution in [3.8, 4) is 11.5 Å². The number of alkyl carbamates (subject to hydrolysis) is 1. The maximum absolute atomic E-state index is 14.3. The molecule has 1 saturated heterocycles. The lowest BCUT2D eigenvalue weighted by atomic mass is 9.78. The van der Waals surface area contributed by atoms with Gasteiger partial charge in [-0.3, -0.25) is 9.69 Å². The Morgan fingerprint density at radius 1 is 1.08 bits per heavy atom. The number of nitrogens with zero attached hydrogens (tertiary/aromatic N) is 2. The van der Waals surface area contributed by atoms with Crippen molar-refractivity contribution in [1.29, 1.82) is 0 Å². The summed E-state index contributed by atoms with van der Waals surface area (Å²) in [6.07, 6.45) is 11.3. The molecule has 0 radical (unpaired) electrons. The van der Waals surface area contributed by atoms with Crippen molar-refractivity contribution in [2.24, 2.45) is 5.92 Å². The Hall–Kier alpha value is -2.48. The molecule has 4 rings (SSSR count). The molecule has 212 valence electrons. The van der Waals surface area contributed by atoms with Crippen LogP contribution in [0.15, 0.2) is 18.2 Å². The Kier molecular flexibility index (Phi) is 10.6. The lowest BCUT2D eigenvalue weighted by Gasteiger charge is -2.46. The molecule has 0 bridgehead atoms. The molecule has 0 unspecified atom stereocenters. The van der Waals surface area contributed by atoms with E-state index in [0.29, 0.717) is 44.1 Å². The van der Waals surface area contributed by atoms with Crippen molar-refractivity contribution >= 4 is 12.0 Å². The second kappa shape index (κ2) is 14.1. The monoisotopic (exact) mass is 529 g/mol. The Bertz CT molecular complexity index is 919. The van der Waals surface area contributed by atoms with E-state index in [0.717, 1.165) is 62.1 Å². The summed E-state index contributed by atoms with van der Waals surface area (Å²) in [4.78, 5) is 31.2. The summed E-state index contributed by atoms with van der Waals surface area (Å²) in [5.41, 5.74) is 1.04. The van der Waals surface area contributed by atoms with Crippen LogP contribution in [0.5, 0.6) is 11.5 Å². The van der Waals surface area contributed by atoms with Crippen LogP contribution in [0, 0.1) is 5.92 Å². The highest BCUT2D eigenvalue weighted by Gasteiger charge is 2.43. The molecule has 3 aliphatic rings. The normalized spacial score (nSPS) is 21.9. The van der Waals surface area contributed by atoms with Crippen LogP contribution in [-0.2, 0) is 16.1 Å². The van der Waals surface area contributed by atoms with E-state index >= 15 is 0 Å². The van der Waals surface area contributed by atoms with Crippen molar-refractivity contribution < 1.29 is 23.8 Å². The lowest BCUT2D eigenvalue weighted by Crippen LogP contribution is -2.57. The lowest BCUT2D eigenvalue weighted by molar-refractivity contribution is -0.144. The van der Waals surface area contributed by atoms with E-state index < -0.39 is 6.09 Å². The number of nitrogens with one attached hydrogen (secondary N) is 1. The summed E-state index contributed by atoms with van der Waals surface area (Å²) >= 11 is 0. The van der Waals surface area contributed by atoms with Crippen molar-refractivity contribution in [3.05, 3.63) is 23.8 Å². The molecular formula is C30H47N3O5. The molecule has 2 saturated carbocycles. The number of benzene rings is 1. The minimum atomic E-state index is -0.398. The first-order valence-corrected chi connectivity index (χ1v) is 14.7. The maximum Gasteiger partial charge on any atom is 0.407 e. The highest BCUT2D eigenvalue weighted by atomic mass is 16.5. The fourth-order valence-electron chi connectivity index (χ4n) is 6.27. The zero-order chi connectivity index (χ0) is 26.9. The first-order chi connectivity index (χ1) is 18.5. The standard InChI is InChI=1S/C30H47N3O5/c1-4-5-19-38-30(35)31-17-16-27(29(34)32-18-8-10-22-9-6-7-11-26(22)32)33(24-13-14-24)21-23-12-15-25(36-2)20-28(23)37-3/h12,15,20,22,24,26-27H,4-11,13-14,16-19,21H2,1-3H3,(H,31,35)/t22-,26+,27-/m1/s1. The molecule has 1 aromatic rings. The fourth-order valence-corrected chi connectivity index (χ4v) is 6.27. The number of carbonyl (C=O) groups is 2. The number of likely N-dealkylation sites (tertiary alicyclic amines) is 1. The predicted octanol–water partition coefficient (Wildman–Crippen LogP) is 5.13. The van der Waals surface area contributed by atoms with Crippen LogP contribution >= 0.6 is 0 Å². The Morgan fingerprint density at radius 2 is 1.87 bits per heavy atom. The minimum Gasteiger partial charge on any atom is -0.497 e. The second-order valence-corrected chi connectivity index (χ2v) is 11.1. The molecule has 1 aromatic carbocycles. The summed E-state index contributed by atoms with van der Waals surface area (Å²) in [5.74, 6) is 2.37. The predicted molar refractivity (Wildman–Crippen MR) is 147 cm³/mol. The van der Waals surface area contributed by atoms with E-state index in [2.05, 4.69) is 22.0 Å². The van der Waals surface area contributed by atoms with Crippen LogP contribution in [0.1, 0.15) is 83.1 Å². The first kappa shape index (κ1) is 28.5. The summed E-state index contributed by atoms with van der Waals surface area (Å²) in [6, 6.07) is 6.31. The topological polar surface area (TPSA) is 80.3 Å².